The maximum Gasteiger partial charge on any atom is 0.345 e. The van der Waals surface area contributed by atoms with Gasteiger partial charge in [-0.25, -0.2) is 4.79 Å². The standard InChI is InChI=1S/C23H28O7S/c1-11(24)31-18-9-12-8-13(25)2-3-14(12)15-4-7-23-16(19(15)18)5-6-22(23,29)10-17(20(26)27)30-21(23)28/h8,14-19,29H,2-7,9-10H2,1H3,(H,26,27)/t14-,15?,16?,17?,18?,19?,22+,23-/m0/s1. The van der Waals surface area contributed by atoms with Crippen LogP contribution in [0.4, 0.5) is 0 Å². The molecule has 3 saturated carbocycles. The van der Waals surface area contributed by atoms with Gasteiger partial charge in [0.15, 0.2) is 10.9 Å². The second-order valence-corrected chi connectivity index (χ2v) is 11.5. The van der Waals surface area contributed by atoms with Crippen molar-refractivity contribution >= 4 is 34.6 Å². The molecule has 8 heteroatoms. The molecule has 0 amide bonds. The number of allylic oxidation sites excluding steroid dienone is 1. The monoisotopic (exact) mass is 448 g/mol. The van der Waals surface area contributed by atoms with Gasteiger partial charge in [0.25, 0.3) is 0 Å². The van der Waals surface area contributed by atoms with Gasteiger partial charge >= 0.3 is 11.9 Å². The Morgan fingerprint density at radius 3 is 2.68 bits per heavy atom. The number of carboxylic acids is 1. The van der Waals surface area contributed by atoms with Crippen molar-refractivity contribution in [2.24, 2.45) is 29.1 Å². The molecule has 31 heavy (non-hydrogen) atoms. The minimum atomic E-state index is -1.38. The molecule has 1 heterocycles. The molecule has 1 spiro atoms. The molecule has 5 rings (SSSR count). The van der Waals surface area contributed by atoms with Crippen LogP contribution < -0.4 is 0 Å². The first-order valence-electron chi connectivity index (χ1n) is 11.2. The van der Waals surface area contributed by atoms with E-state index in [4.69, 9.17) is 4.74 Å². The summed E-state index contributed by atoms with van der Waals surface area (Å²) in [5.41, 5.74) is -1.34. The molecule has 0 aromatic rings. The van der Waals surface area contributed by atoms with Crippen LogP contribution in [-0.2, 0) is 23.9 Å². The lowest BCUT2D eigenvalue weighted by Crippen LogP contribution is -2.65. The fourth-order valence-electron chi connectivity index (χ4n) is 7.76. The molecular weight excluding hydrogens is 420 g/mol. The van der Waals surface area contributed by atoms with E-state index < -0.39 is 29.1 Å². The molecule has 0 aromatic carbocycles. The van der Waals surface area contributed by atoms with Gasteiger partial charge in [-0.3, -0.25) is 14.4 Å². The number of aliphatic carboxylic acids is 1. The molecule has 1 saturated heterocycles. The predicted molar refractivity (Wildman–Crippen MR) is 111 cm³/mol. The van der Waals surface area contributed by atoms with Gasteiger partial charge in [-0.05, 0) is 68.3 Å². The van der Waals surface area contributed by atoms with Crippen molar-refractivity contribution < 1.29 is 34.1 Å². The first kappa shape index (κ1) is 21.2. The van der Waals surface area contributed by atoms with Crippen molar-refractivity contribution in [1.29, 1.82) is 0 Å². The number of esters is 1. The Kier molecular flexibility index (Phi) is 4.90. The lowest BCUT2D eigenvalue weighted by molar-refractivity contribution is -0.223. The molecule has 4 fully saturated rings. The lowest BCUT2D eigenvalue weighted by Gasteiger charge is -2.58. The van der Waals surface area contributed by atoms with Gasteiger partial charge in [0.2, 0.25) is 6.10 Å². The molecule has 5 unspecified atom stereocenters. The Morgan fingerprint density at radius 2 is 1.97 bits per heavy atom. The highest BCUT2D eigenvalue weighted by Crippen LogP contribution is 2.68. The number of ether oxygens (including phenoxy) is 1. The van der Waals surface area contributed by atoms with E-state index in [9.17, 15) is 29.4 Å². The number of aliphatic hydroxyl groups is 1. The van der Waals surface area contributed by atoms with E-state index in [1.54, 1.807) is 13.0 Å². The second-order valence-electron chi connectivity index (χ2n) is 10.0. The van der Waals surface area contributed by atoms with Gasteiger partial charge in [-0.1, -0.05) is 17.3 Å². The summed E-state index contributed by atoms with van der Waals surface area (Å²) >= 11 is 1.29. The van der Waals surface area contributed by atoms with Crippen molar-refractivity contribution in [3.05, 3.63) is 11.6 Å². The van der Waals surface area contributed by atoms with Crippen LogP contribution in [-0.4, -0.2) is 50.0 Å². The highest BCUT2D eigenvalue weighted by atomic mass is 32.2. The number of cyclic esters (lactones) is 1. The van der Waals surface area contributed by atoms with E-state index in [-0.39, 0.29) is 46.2 Å². The van der Waals surface area contributed by atoms with Crippen LogP contribution >= 0.6 is 11.8 Å². The molecule has 2 N–H and O–H groups in total. The summed E-state index contributed by atoms with van der Waals surface area (Å²) in [4.78, 5) is 49.0. The van der Waals surface area contributed by atoms with Gasteiger partial charge < -0.3 is 14.9 Å². The smallest absolute Gasteiger partial charge is 0.345 e. The maximum atomic E-state index is 13.3. The van der Waals surface area contributed by atoms with Gasteiger partial charge in [0.05, 0.1) is 11.0 Å². The Balaban J connectivity index is 1.55. The van der Waals surface area contributed by atoms with E-state index in [1.807, 2.05) is 0 Å². The third kappa shape index (κ3) is 2.97. The minimum absolute atomic E-state index is 0.00924. The molecule has 168 valence electrons. The molecular formula is C23H28O7S. The second kappa shape index (κ2) is 7.17. The SMILES string of the molecule is CC(=O)SC1CC2=CC(=O)CC[C@@H]2C2CC[C@]34C(=O)OC(C(=O)O)C[C@]3(O)CCC4C12. The zero-order valence-corrected chi connectivity index (χ0v) is 18.4. The third-order valence-electron chi connectivity index (χ3n) is 8.80. The fourth-order valence-corrected chi connectivity index (χ4v) is 9.01. The first-order valence-corrected chi connectivity index (χ1v) is 12.1. The Hall–Kier alpha value is -1.67. The summed E-state index contributed by atoms with van der Waals surface area (Å²) in [7, 11) is 0. The zero-order valence-electron chi connectivity index (χ0n) is 17.5. The highest BCUT2D eigenvalue weighted by Gasteiger charge is 2.72. The van der Waals surface area contributed by atoms with E-state index in [1.165, 1.54) is 11.8 Å². The minimum Gasteiger partial charge on any atom is -0.479 e. The van der Waals surface area contributed by atoms with E-state index in [0.717, 1.165) is 12.0 Å². The average molecular weight is 449 g/mol. The van der Waals surface area contributed by atoms with Crippen LogP contribution in [0.5, 0.6) is 0 Å². The number of fused-ring (bicyclic) bond motifs is 4. The third-order valence-corrected chi connectivity index (χ3v) is 9.92. The van der Waals surface area contributed by atoms with Crippen LogP contribution in [0.1, 0.15) is 58.3 Å². The number of hydrogen-bond acceptors (Lipinski definition) is 7. The summed E-state index contributed by atoms with van der Waals surface area (Å²) in [6.45, 7) is 1.54. The Bertz CT molecular complexity index is 896. The fraction of sp³-hybridized carbons (Fsp3) is 0.739. The first-order chi connectivity index (χ1) is 14.7. The van der Waals surface area contributed by atoms with E-state index >= 15 is 0 Å². The number of carbonyl (C=O) groups excluding carboxylic acids is 3. The van der Waals surface area contributed by atoms with E-state index in [2.05, 4.69) is 0 Å². The van der Waals surface area contributed by atoms with Crippen LogP contribution in [0.15, 0.2) is 11.6 Å². The van der Waals surface area contributed by atoms with Crippen molar-refractivity contribution in [2.45, 2.75) is 75.2 Å². The van der Waals surface area contributed by atoms with Crippen molar-refractivity contribution in [3.63, 3.8) is 0 Å². The van der Waals surface area contributed by atoms with Crippen molar-refractivity contribution in [2.75, 3.05) is 0 Å². The predicted octanol–water partition coefficient (Wildman–Crippen LogP) is 2.50. The molecule has 0 aromatic heterocycles. The van der Waals surface area contributed by atoms with Gasteiger partial charge in [-0.2, -0.15) is 0 Å². The van der Waals surface area contributed by atoms with Crippen LogP contribution in [0.3, 0.4) is 0 Å². The summed E-state index contributed by atoms with van der Waals surface area (Å²) in [6, 6.07) is 0. The van der Waals surface area contributed by atoms with Crippen LogP contribution in [0.2, 0.25) is 0 Å². The topological polar surface area (TPSA) is 118 Å². The van der Waals surface area contributed by atoms with Crippen LogP contribution in [0.25, 0.3) is 0 Å². The zero-order chi connectivity index (χ0) is 22.1. The van der Waals surface area contributed by atoms with Crippen molar-refractivity contribution in [3.8, 4) is 0 Å². The van der Waals surface area contributed by atoms with E-state index in [0.29, 0.717) is 38.5 Å². The number of thioether (sulfide) groups is 1. The van der Waals surface area contributed by atoms with Crippen LogP contribution in [0, 0.1) is 29.1 Å². The number of rotatable bonds is 2. The lowest BCUT2D eigenvalue weighted by atomic mass is 9.49. The highest BCUT2D eigenvalue weighted by molar-refractivity contribution is 8.14. The number of ketones is 1. The number of hydrogen-bond donors (Lipinski definition) is 2. The summed E-state index contributed by atoms with van der Waals surface area (Å²) in [5.74, 6) is -1.21. The van der Waals surface area contributed by atoms with Gasteiger partial charge in [0, 0.05) is 25.0 Å². The molecule has 4 aliphatic carbocycles. The normalized spacial score (nSPS) is 46.1. The summed E-state index contributed by atoms with van der Waals surface area (Å²) in [5, 5.41) is 21.0. The largest absolute Gasteiger partial charge is 0.479 e. The van der Waals surface area contributed by atoms with Crippen molar-refractivity contribution in [1.82, 2.24) is 0 Å². The summed E-state index contributed by atoms with van der Waals surface area (Å²) in [6.07, 6.45) is 4.56. The molecule has 7 nitrogen and oxygen atoms in total. The molecule has 0 bridgehead atoms. The summed E-state index contributed by atoms with van der Waals surface area (Å²) < 4.78 is 5.38. The Morgan fingerprint density at radius 1 is 1.19 bits per heavy atom. The molecule has 8 atom stereocenters. The Labute approximate surface area is 185 Å². The average Bonchev–Trinajstić information content (AvgIpc) is 3.01. The van der Waals surface area contributed by atoms with Gasteiger partial charge in [0.1, 0.15) is 0 Å². The quantitative estimate of drug-likeness (QED) is 0.619. The number of carboxylic acid groups (broad SMARTS) is 1. The number of carbonyl (C=O) groups is 4. The molecule has 5 aliphatic rings. The molecule has 1 aliphatic heterocycles. The maximum absolute atomic E-state index is 13.3. The van der Waals surface area contributed by atoms with Gasteiger partial charge in [-0.15, -0.1) is 0 Å². The molecule has 0 radical (unpaired) electrons.